The third-order valence-corrected chi connectivity index (χ3v) is 5.16. The molecule has 1 amide bonds. The van der Waals surface area contributed by atoms with Crippen molar-refractivity contribution in [3.63, 3.8) is 0 Å². The normalized spacial score (nSPS) is 25.5. The van der Waals surface area contributed by atoms with Gasteiger partial charge in [0.25, 0.3) is 5.91 Å². The second-order valence-electron chi connectivity index (χ2n) is 6.69. The van der Waals surface area contributed by atoms with Gasteiger partial charge in [0.15, 0.2) is 5.69 Å². The molecule has 1 aliphatic carbocycles. The summed E-state index contributed by atoms with van der Waals surface area (Å²) in [6, 6.07) is 7.68. The first kappa shape index (κ1) is 16.0. The van der Waals surface area contributed by atoms with Crippen molar-refractivity contribution in [3.8, 4) is 0 Å². The van der Waals surface area contributed by atoms with Crippen LogP contribution in [0.2, 0.25) is 0 Å². The zero-order valence-electron chi connectivity index (χ0n) is 13.6. The average Bonchev–Trinajstić information content (AvgIpc) is 2.63. The van der Waals surface area contributed by atoms with E-state index in [1.807, 2.05) is 0 Å². The van der Waals surface area contributed by atoms with Crippen LogP contribution in [-0.2, 0) is 0 Å². The Balaban J connectivity index is 1.65. The minimum Gasteiger partial charge on any atom is -0.348 e. The van der Waals surface area contributed by atoms with Crippen molar-refractivity contribution >= 4 is 11.6 Å². The minimum atomic E-state index is -0.00422. The highest BCUT2D eigenvalue weighted by atomic mass is 16.1. The molecular weight excluding hydrogens is 286 g/mol. The number of hydrogen-bond donors (Lipinski definition) is 1. The quantitative estimate of drug-likeness (QED) is 0.863. The molecule has 4 heteroatoms. The van der Waals surface area contributed by atoms with Gasteiger partial charge in [-0.15, -0.1) is 0 Å². The average molecular weight is 311 g/mol. The van der Waals surface area contributed by atoms with Crippen LogP contribution in [0.1, 0.15) is 55.3 Å². The van der Waals surface area contributed by atoms with Crippen LogP contribution in [0.4, 0.5) is 5.69 Å². The summed E-state index contributed by atoms with van der Waals surface area (Å²) in [5, 5.41) is 3.26. The first-order valence-electron chi connectivity index (χ1n) is 8.80. The summed E-state index contributed by atoms with van der Waals surface area (Å²) in [7, 11) is 0. The fraction of sp³-hybridized carbons (Fsp3) is 0.579. The van der Waals surface area contributed by atoms with Gasteiger partial charge in [0, 0.05) is 17.6 Å². The summed E-state index contributed by atoms with van der Waals surface area (Å²) < 4.78 is 0. The Kier molecular flexibility index (Phi) is 5.30. The Morgan fingerprint density at radius 1 is 1.04 bits per heavy atom. The summed E-state index contributed by atoms with van der Waals surface area (Å²) in [5.41, 5.74) is 1.23. The minimum absolute atomic E-state index is 0.00422. The van der Waals surface area contributed by atoms with Crippen molar-refractivity contribution in [3.05, 3.63) is 41.2 Å². The van der Waals surface area contributed by atoms with Gasteiger partial charge in [-0.3, -0.25) is 9.69 Å². The highest BCUT2D eigenvalue weighted by Crippen LogP contribution is 2.26. The van der Waals surface area contributed by atoms with Crippen LogP contribution >= 0.6 is 0 Å². The third-order valence-electron chi connectivity index (χ3n) is 5.16. The largest absolute Gasteiger partial charge is 0.348 e. The first-order valence-corrected chi connectivity index (χ1v) is 8.80. The molecule has 0 bridgehead atoms. The van der Waals surface area contributed by atoms with Gasteiger partial charge in [-0.2, -0.15) is 0 Å². The van der Waals surface area contributed by atoms with Crippen LogP contribution in [0.25, 0.3) is 4.85 Å². The van der Waals surface area contributed by atoms with Crippen molar-refractivity contribution < 1.29 is 4.79 Å². The molecule has 1 aromatic rings. The van der Waals surface area contributed by atoms with E-state index in [2.05, 4.69) is 15.1 Å². The molecule has 3 rings (SSSR count). The standard InChI is InChI=1S/C19H25N3O/c1-20-16-11-9-15(10-12-16)19(23)21-17-7-3-4-8-18(17)22-13-5-2-6-14-22/h9-12,17-18H,2-8,13-14H2,(H,21,23)/t17-,18-/m1/s1. The molecule has 1 saturated carbocycles. The zero-order valence-corrected chi connectivity index (χ0v) is 13.6. The Morgan fingerprint density at radius 3 is 2.43 bits per heavy atom. The van der Waals surface area contributed by atoms with E-state index < -0.39 is 0 Å². The molecule has 1 heterocycles. The monoisotopic (exact) mass is 311 g/mol. The van der Waals surface area contributed by atoms with Gasteiger partial charge in [0.1, 0.15) is 0 Å². The number of carbonyl (C=O) groups excluding carboxylic acids is 1. The van der Waals surface area contributed by atoms with E-state index in [0.717, 1.165) is 6.42 Å². The zero-order chi connectivity index (χ0) is 16.1. The molecule has 2 aliphatic rings. The van der Waals surface area contributed by atoms with Crippen LogP contribution in [0.15, 0.2) is 24.3 Å². The van der Waals surface area contributed by atoms with Crippen molar-refractivity contribution in [2.24, 2.45) is 0 Å². The van der Waals surface area contributed by atoms with Crippen LogP contribution in [0, 0.1) is 6.57 Å². The highest BCUT2D eigenvalue weighted by Gasteiger charge is 2.31. The molecule has 122 valence electrons. The van der Waals surface area contributed by atoms with Gasteiger partial charge in [-0.25, -0.2) is 4.85 Å². The predicted octanol–water partition coefficient (Wildman–Crippen LogP) is 3.76. The summed E-state index contributed by atoms with van der Waals surface area (Å²) >= 11 is 0. The Bertz CT molecular complexity index is 569. The molecule has 0 spiro atoms. The van der Waals surface area contributed by atoms with Crippen molar-refractivity contribution in [1.82, 2.24) is 10.2 Å². The number of piperidine rings is 1. The van der Waals surface area contributed by atoms with Gasteiger partial charge < -0.3 is 5.32 Å². The summed E-state index contributed by atoms with van der Waals surface area (Å²) in [6.07, 6.45) is 8.66. The Labute approximate surface area is 138 Å². The third kappa shape index (κ3) is 3.92. The first-order chi connectivity index (χ1) is 11.3. The van der Waals surface area contributed by atoms with Gasteiger partial charge in [0.2, 0.25) is 0 Å². The SMILES string of the molecule is [C-]#[N+]c1ccc(C(=O)N[C@@H]2CCCC[C@H]2N2CCCCC2)cc1. The van der Waals surface area contributed by atoms with Crippen molar-refractivity contribution in [2.75, 3.05) is 13.1 Å². The maximum Gasteiger partial charge on any atom is 0.251 e. The molecule has 4 nitrogen and oxygen atoms in total. The molecule has 2 atom stereocenters. The maximum atomic E-state index is 12.5. The summed E-state index contributed by atoms with van der Waals surface area (Å²) in [6.45, 7) is 9.34. The van der Waals surface area contributed by atoms with Gasteiger partial charge in [-0.1, -0.05) is 43.5 Å². The second-order valence-corrected chi connectivity index (χ2v) is 6.69. The molecule has 1 N–H and O–H groups in total. The Morgan fingerprint density at radius 2 is 1.74 bits per heavy atom. The van der Waals surface area contributed by atoms with Crippen molar-refractivity contribution in [2.45, 2.75) is 57.0 Å². The van der Waals surface area contributed by atoms with E-state index in [1.54, 1.807) is 24.3 Å². The van der Waals surface area contributed by atoms with E-state index >= 15 is 0 Å². The molecule has 23 heavy (non-hydrogen) atoms. The fourth-order valence-corrected chi connectivity index (χ4v) is 3.91. The van der Waals surface area contributed by atoms with E-state index in [4.69, 9.17) is 6.57 Å². The lowest BCUT2D eigenvalue weighted by Crippen LogP contribution is -2.54. The molecule has 1 aliphatic heterocycles. The number of benzene rings is 1. The van der Waals surface area contributed by atoms with Crippen molar-refractivity contribution in [1.29, 1.82) is 0 Å². The number of likely N-dealkylation sites (tertiary alicyclic amines) is 1. The highest BCUT2D eigenvalue weighted by molar-refractivity contribution is 5.94. The molecule has 1 saturated heterocycles. The molecule has 1 aromatic carbocycles. The van der Waals surface area contributed by atoms with Gasteiger partial charge >= 0.3 is 0 Å². The molecule has 0 radical (unpaired) electrons. The maximum absolute atomic E-state index is 12.5. The van der Waals surface area contributed by atoms with Gasteiger partial charge in [0.05, 0.1) is 6.57 Å². The van der Waals surface area contributed by atoms with E-state index in [1.165, 1.54) is 51.6 Å². The molecule has 2 fully saturated rings. The topological polar surface area (TPSA) is 36.7 Å². The number of carbonyl (C=O) groups is 1. The molecule has 0 aromatic heterocycles. The lowest BCUT2D eigenvalue weighted by atomic mass is 9.88. The summed E-state index contributed by atoms with van der Waals surface area (Å²) in [5.74, 6) is -0.00422. The Hall–Kier alpha value is -1.86. The number of rotatable bonds is 3. The summed E-state index contributed by atoms with van der Waals surface area (Å²) in [4.78, 5) is 18.5. The predicted molar refractivity (Wildman–Crippen MR) is 91.6 cm³/mol. The number of nitrogens with one attached hydrogen (secondary N) is 1. The van der Waals surface area contributed by atoms with Crippen LogP contribution < -0.4 is 5.32 Å². The lowest BCUT2D eigenvalue weighted by molar-refractivity contribution is 0.0782. The molecular formula is C19H25N3O. The number of amides is 1. The number of hydrogen-bond acceptors (Lipinski definition) is 2. The van der Waals surface area contributed by atoms with Crippen LogP contribution in [0.5, 0.6) is 0 Å². The van der Waals surface area contributed by atoms with E-state index in [9.17, 15) is 4.79 Å². The fourth-order valence-electron chi connectivity index (χ4n) is 3.91. The lowest BCUT2D eigenvalue weighted by Gasteiger charge is -2.42. The van der Waals surface area contributed by atoms with Crippen LogP contribution in [-0.4, -0.2) is 36.0 Å². The second kappa shape index (κ2) is 7.61. The van der Waals surface area contributed by atoms with Gasteiger partial charge in [-0.05, 0) is 38.8 Å². The van der Waals surface area contributed by atoms with E-state index in [-0.39, 0.29) is 11.9 Å². The smallest absolute Gasteiger partial charge is 0.251 e. The number of nitrogens with zero attached hydrogens (tertiary/aromatic N) is 2. The molecule has 0 unspecified atom stereocenters. The van der Waals surface area contributed by atoms with Crippen LogP contribution in [0.3, 0.4) is 0 Å². The van der Waals surface area contributed by atoms with E-state index in [0.29, 0.717) is 17.3 Å².